The summed E-state index contributed by atoms with van der Waals surface area (Å²) in [5.41, 5.74) is 0. The third kappa shape index (κ3) is 4.85. The summed E-state index contributed by atoms with van der Waals surface area (Å²) in [4.78, 5) is 27.7. The Morgan fingerprint density at radius 1 is 1.32 bits per heavy atom. The Bertz CT molecular complexity index is 467. The van der Waals surface area contributed by atoms with Gasteiger partial charge < -0.3 is 19.4 Å². The van der Waals surface area contributed by atoms with Crippen molar-refractivity contribution in [2.75, 3.05) is 53.0 Å². The van der Waals surface area contributed by atoms with E-state index in [0.717, 1.165) is 13.1 Å². The van der Waals surface area contributed by atoms with Gasteiger partial charge in [0.1, 0.15) is 0 Å². The van der Waals surface area contributed by atoms with Crippen LogP contribution < -0.4 is 5.32 Å². The highest BCUT2D eigenvalue weighted by molar-refractivity contribution is 5.91. The number of hydrogen-bond acceptors (Lipinski definition) is 5. The number of carbonyl (C=O) groups excluding carboxylic acids is 2. The molecule has 22 heavy (non-hydrogen) atoms. The van der Waals surface area contributed by atoms with E-state index in [1.165, 1.54) is 6.26 Å². The van der Waals surface area contributed by atoms with Crippen LogP contribution in [0.4, 0.5) is 0 Å². The molecule has 0 aromatic carbocycles. The van der Waals surface area contributed by atoms with Gasteiger partial charge in [0.25, 0.3) is 5.91 Å². The predicted octanol–water partition coefficient (Wildman–Crippen LogP) is 0.190. The van der Waals surface area contributed by atoms with E-state index >= 15 is 0 Å². The molecule has 0 atom stereocenters. The molecule has 7 heteroatoms. The average molecular weight is 309 g/mol. The molecule has 2 heterocycles. The van der Waals surface area contributed by atoms with E-state index in [1.54, 1.807) is 24.1 Å². The maximum absolute atomic E-state index is 12.1. The van der Waals surface area contributed by atoms with Gasteiger partial charge in [-0.05, 0) is 12.1 Å². The summed E-state index contributed by atoms with van der Waals surface area (Å²) in [5, 5.41) is 2.80. The van der Waals surface area contributed by atoms with Crippen LogP contribution in [0.25, 0.3) is 0 Å². The van der Waals surface area contributed by atoms with Crippen LogP contribution in [-0.2, 0) is 9.53 Å². The first-order valence-electron chi connectivity index (χ1n) is 7.51. The van der Waals surface area contributed by atoms with E-state index in [-0.39, 0.29) is 11.8 Å². The first-order valence-corrected chi connectivity index (χ1v) is 7.51. The van der Waals surface area contributed by atoms with E-state index in [2.05, 4.69) is 10.2 Å². The number of carbonyl (C=O) groups is 2. The lowest BCUT2D eigenvalue weighted by molar-refractivity contribution is -0.121. The molecule has 1 aromatic heterocycles. The second kappa shape index (κ2) is 8.55. The fourth-order valence-electron chi connectivity index (χ4n) is 2.37. The van der Waals surface area contributed by atoms with Crippen molar-refractivity contribution >= 4 is 11.8 Å². The topological polar surface area (TPSA) is 75.0 Å². The fraction of sp³-hybridized carbons (Fsp3) is 0.600. The minimum atomic E-state index is -0.0676. The van der Waals surface area contributed by atoms with Crippen LogP contribution in [0.2, 0.25) is 0 Å². The molecule has 1 aliphatic rings. The van der Waals surface area contributed by atoms with E-state index in [1.807, 2.05) is 0 Å². The molecular weight excluding hydrogens is 286 g/mol. The molecule has 1 saturated heterocycles. The molecule has 2 rings (SSSR count). The van der Waals surface area contributed by atoms with Crippen molar-refractivity contribution < 1.29 is 18.7 Å². The highest BCUT2D eigenvalue weighted by atomic mass is 16.5. The first kappa shape index (κ1) is 16.5. The van der Waals surface area contributed by atoms with Crippen LogP contribution in [0.1, 0.15) is 17.0 Å². The molecule has 1 aromatic rings. The standard InChI is InChI=1S/C15H23N3O4/c1-21-12-5-16-14(19)4-6-17-7-9-18(10-8-17)15(20)13-3-2-11-22-13/h2-3,11H,4-10,12H2,1H3,(H,16,19). The van der Waals surface area contributed by atoms with E-state index < -0.39 is 0 Å². The normalized spacial score (nSPS) is 15.8. The molecule has 0 unspecified atom stereocenters. The Hall–Kier alpha value is -1.86. The summed E-state index contributed by atoms with van der Waals surface area (Å²) in [6.07, 6.45) is 1.97. The Morgan fingerprint density at radius 2 is 2.09 bits per heavy atom. The number of hydrogen-bond donors (Lipinski definition) is 1. The number of ether oxygens (including phenoxy) is 1. The van der Waals surface area contributed by atoms with Gasteiger partial charge >= 0.3 is 0 Å². The molecule has 0 aliphatic carbocycles. The third-order valence-electron chi connectivity index (χ3n) is 3.67. The van der Waals surface area contributed by atoms with Crippen LogP contribution in [0.3, 0.4) is 0 Å². The number of nitrogens with one attached hydrogen (secondary N) is 1. The molecule has 0 bridgehead atoms. The van der Waals surface area contributed by atoms with Crippen molar-refractivity contribution in [1.29, 1.82) is 0 Å². The molecule has 7 nitrogen and oxygen atoms in total. The smallest absolute Gasteiger partial charge is 0.289 e. The molecule has 122 valence electrons. The van der Waals surface area contributed by atoms with Crippen LogP contribution in [0.5, 0.6) is 0 Å². The zero-order chi connectivity index (χ0) is 15.8. The van der Waals surface area contributed by atoms with Gasteiger partial charge in [0.2, 0.25) is 5.91 Å². The van der Waals surface area contributed by atoms with Crippen LogP contribution in [0.15, 0.2) is 22.8 Å². The number of rotatable bonds is 7. The number of furan rings is 1. The van der Waals surface area contributed by atoms with Gasteiger partial charge in [0.15, 0.2) is 5.76 Å². The van der Waals surface area contributed by atoms with Gasteiger partial charge in [-0.15, -0.1) is 0 Å². The highest BCUT2D eigenvalue weighted by Gasteiger charge is 2.23. The lowest BCUT2D eigenvalue weighted by Gasteiger charge is -2.34. The summed E-state index contributed by atoms with van der Waals surface area (Å²) < 4.78 is 10.0. The third-order valence-corrected chi connectivity index (χ3v) is 3.67. The molecule has 1 N–H and O–H groups in total. The first-order chi connectivity index (χ1) is 10.7. The number of nitrogens with zero attached hydrogens (tertiary/aromatic N) is 2. The van der Waals surface area contributed by atoms with E-state index in [9.17, 15) is 9.59 Å². The average Bonchev–Trinajstić information content (AvgIpc) is 3.07. The summed E-state index contributed by atoms with van der Waals surface area (Å²) in [6.45, 7) is 4.65. The molecule has 0 spiro atoms. The van der Waals surface area contributed by atoms with E-state index in [4.69, 9.17) is 9.15 Å². The van der Waals surface area contributed by atoms with Crippen LogP contribution >= 0.6 is 0 Å². The number of piperazine rings is 1. The molecule has 0 saturated carbocycles. The maximum atomic E-state index is 12.1. The monoisotopic (exact) mass is 309 g/mol. The molecule has 1 fully saturated rings. The van der Waals surface area contributed by atoms with Gasteiger partial charge in [0, 0.05) is 52.8 Å². The lowest BCUT2D eigenvalue weighted by Crippen LogP contribution is -2.49. The van der Waals surface area contributed by atoms with Gasteiger partial charge in [-0.2, -0.15) is 0 Å². The van der Waals surface area contributed by atoms with Gasteiger partial charge in [-0.25, -0.2) is 0 Å². The second-order valence-electron chi connectivity index (χ2n) is 5.20. The van der Waals surface area contributed by atoms with E-state index in [0.29, 0.717) is 45.0 Å². The Balaban J connectivity index is 1.65. The number of methoxy groups -OCH3 is 1. The molecular formula is C15H23N3O4. The molecule has 0 radical (unpaired) electrons. The highest BCUT2D eigenvalue weighted by Crippen LogP contribution is 2.09. The number of amides is 2. The Kier molecular flexibility index (Phi) is 6.42. The summed E-state index contributed by atoms with van der Waals surface area (Å²) >= 11 is 0. The van der Waals surface area contributed by atoms with Crippen molar-refractivity contribution in [1.82, 2.24) is 15.1 Å². The quantitative estimate of drug-likeness (QED) is 0.728. The fourth-order valence-corrected chi connectivity index (χ4v) is 2.37. The molecule has 2 amide bonds. The zero-order valence-corrected chi connectivity index (χ0v) is 12.9. The van der Waals surface area contributed by atoms with Crippen molar-refractivity contribution in [2.45, 2.75) is 6.42 Å². The summed E-state index contributed by atoms with van der Waals surface area (Å²) in [5.74, 6) is 0.346. The Morgan fingerprint density at radius 3 is 2.73 bits per heavy atom. The van der Waals surface area contributed by atoms with Gasteiger partial charge in [0.05, 0.1) is 12.9 Å². The maximum Gasteiger partial charge on any atom is 0.289 e. The summed E-state index contributed by atoms with van der Waals surface area (Å²) in [7, 11) is 1.61. The Labute approximate surface area is 130 Å². The minimum absolute atomic E-state index is 0.0335. The van der Waals surface area contributed by atoms with Gasteiger partial charge in [-0.3, -0.25) is 14.5 Å². The van der Waals surface area contributed by atoms with Crippen molar-refractivity contribution in [2.24, 2.45) is 0 Å². The van der Waals surface area contributed by atoms with Crippen molar-refractivity contribution in [3.63, 3.8) is 0 Å². The van der Waals surface area contributed by atoms with Gasteiger partial charge in [-0.1, -0.05) is 0 Å². The molecule has 1 aliphatic heterocycles. The zero-order valence-electron chi connectivity index (χ0n) is 12.9. The van der Waals surface area contributed by atoms with Crippen LogP contribution in [-0.4, -0.2) is 74.6 Å². The van der Waals surface area contributed by atoms with Crippen molar-refractivity contribution in [3.8, 4) is 0 Å². The summed E-state index contributed by atoms with van der Waals surface area (Å²) in [6, 6.07) is 3.39. The SMILES string of the molecule is COCCNC(=O)CCN1CCN(C(=O)c2ccco2)CC1. The van der Waals surface area contributed by atoms with Crippen LogP contribution in [0, 0.1) is 0 Å². The largest absolute Gasteiger partial charge is 0.459 e. The lowest BCUT2D eigenvalue weighted by atomic mass is 10.2. The minimum Gasteiger partial charge on any atom is -0.459 e. The second-order valence-corrected chi connectivity index (χ2v) is 5.20. The van der Waals surface area contributed by atoms with Crippen molar-refractivity contribution in [3.05, 3.63) is 24.2 Å². The predicted molar refractivity (Wildman–Crippen MR) is 80.6 cm³/mol.